The first-order valence-electron chi connectivity index (χ1n) is 8.50. The van der Waals surface area contributed by atoms with Crippen LogP contribution in [0.4, 0.5) is 0 Å². The maximum absolute atomic E-state index is 13.1. The lowest BCUT2D eigenvalue weighted by molar-refractivity contribution is 0.262. The minimum Gasteiger partial charge on any atom is -0.317 e. The van der Waals surface area contributed by atoms with E-state index in [1.54, 1.807) is 11.2 Å². The van der Waals surface area contributed by atoms with Gasteiger partial charge in [0, 0.05) is 12.6 Å². The maximum atomic E-state index is 13.1. The van der Waals surface area contributed by atoms with Crippen LogP contribution in [0.15, 0.2) is 28.0 Å². The first kappa shape index (κ1) is 20.3. The summed E-state index contributed by atoms with van der Waals surface area (Å²) in [6, 6.07) is 4.17. The highest BCUT2D eigenvalue weighted by Crippen LogP contribution is 2.26. The molecule has 0 spiro atoms. The van der Waals surface area contributed by atoms with Gasteiger partial charge < -0.3 is 5.32 Å². The second kappa shape index (κ2) is 8.13. The summed E-state index contributed by atoms with van der Waals surface area (Å²) in [6.45, 7) is 5.63. The van der Waals surface area contributed by atoms with Crippen molar-refractivity contribution in [1.82, 2.24) is 14.3 Å². The van der Waals surface area contributed by atoms with Gasteiger partial charge in [-0.25, -0.2) is 21.6 Å². The largest absolute Gasteiger partial charge is 0.317 e. The van der Waals surface area contributed by atoms with Gasteiger partial charge in [0.1, 0.15) is 0 Å². The molecule has 142 valence electrons. The molecule has 0 atom stereocenters. The van der Waals surface area contributed by atoms with Crippen LogP contribution in [-0.2, 0) is 20.0 Å². The van der Waals surface area contributed by atoms with E-state index in [0.29, 0.717) is 12.1 Å². The van der Waals surface area contributed by atoms with Crippen molar-refractivity contribution in [2.45, 2.75) is 48.9 Å². The molecule has 7 nitrogen and oxygen atoms in total. The topological polar surface area (TPSA) is 95.6 Å². The van der Waals surface area contributed by atoms with Gasteiger partial charge in [0.2, 0.25) is 20.0 Å². The first-order chi connectivity index (χ1) is 11.7. The Morgan fingerprint density at radius 2 is 1.84 bits per heavy atom. The lowest BCUT2D eigenvalue weighted by Gasteiger charge is -2.33. The summed E-state index contributed by atoms with van der Waals surface area (Å²) < 4.78 is 54.1. The molecule has 1 aliphatic heterocycles. The van der Waals surface area contributed by atoms with Crippen molar-refractivity contribution < 1.29 is 16.8 Å². The minimum atomic E-state index is -3.66. The van der Waals surface area contributed by atoms with Gasteiger partial charge in [0.15, 0.2) is 0 Å². The van der Waals surface area contributed by atoms with E-state index in [1.165, 1.54) is 25.2 Å². The number of nitrogens with one attached hydrogen (secondary N) is 2. The molecule has 1 heterocycles. The zero-order valence-corrected chi connectivity index (χ0v) is 16.6. The van der Waals surface area contributed by atoms with Crippen LogP contribution in [0.25, 0.3) is 0 Å². The second-order valence-electron chi connectivity index (χ2n) is 6.23. The van der Waals surface area contributed by atoms with Crippen molar-refractivity contribution in [3.63, 3.8) is 0 Å². The molecule has 0 radical (unpaired) electrons. The molecule has 1 saturated heterocycles. The average Bonchev–Trinajstić information content (AvgIpc) is 2.60. The molecule has 2 rings (SSSR count). The lowest BCUT2D eigenvalue weighted by atomic mass is 10.1. The Kier molecular flexibility index (Phi) is 6.61. The van der Waals surface area contributed by atoms with Crippen LogP contribution < -0.4 is 10.0 Å². The molecular formula is C16H27N3O4S2. The number of sulfonamides is 2. The number of hydrogen-bond acceptors (Lipinski definition) is 5. The van der Waals surface area contributed by atoms with Gasteiger partial charge in [-0.05, 0) is 70.1 Å². The average molecular weight is 390 g/mol. The van der Waals surface area contributed by atoms with E-state index in [-0.39, 0.29) is 15.8 Å². The van der Waals surface area contributed by atoms with E-state index in [1.807, 2.05) is 6.92 Å². The molecule has 0 aliphatic carbocycles. The van der Waals surface area contributed by atoms with Gasteiger partial charge >= 0.3 is 0 Å². The van der Waals surface area contributed by atoms with E-state index in [9.17, 15) is 16.8 Å². The van der Waals surface area contributed by atoms with Crippen LogP contribution in [0.5, 0.6) is 0 Å². The molecule has 2 N–H and O–H groups in total. The van der Waals surface area contributed by atoms with E-state index in [4.69, 9.17) is 0 Å². The Bertz CT molecular complexity index is 801. The predicted molar refractivity (Wildman–Crippen MR) is 97.5 cm³/mol. The van der Waals surface area contributed by atoms with Gasteiger partial charge in [0.25, 0.3) is 0 Å². The van der Waals surface area contributed by atoms with Crippen LogP contribution >= 0.6 is 0 Å². The zero-order chi connectivity index (χ0) is 18.7. The molecule has 9 heteroatoms. The van der Waals surface area contributed by atoms with Crippen LogP contribution in [0.2, 0.25) is 0 Å². The summed E-state index contributed by atoms with van der Waals surface area (Å²) in [5.41, 5.74) is 0.414. The Labute approximate surface area is 150 Å². The summed E-state index contributed by atoms with van der Waals surface area (Å²) in [5.74, 6) is 0. The fraction of sp³-hybridized carbons (Fsp3) is 0.625. The quantitative estimate of drug-likeness (QED) is 0.727. The lowest BCUT2D eigenvalue weighted by Crippen LogP contribution is -2.46. The fourth-order valence-corrected chi connectivity index (χ4v) is 5.96. The van der Waals surface area contributed by atoms with Gasteiger partial charge in [-0.15, -0.1) is 0 Å². The van der Waals surface area contributed by atoms with Crippen molar-refractivity contribution in [2.75, 3.05) is 26.7 Å². The molecule has 1 aromatic rings. The number of rotatable bonds is 7. The molecule has 1 aliphatic rings. The highest BCUT2D eigenvalue weighted by molar-refractivity contribution is 7.89. The monoisotopic (exact) mass is 389 g/mol. The molecule has 1 fully saturated rings. The van der Waals surface area contributed by atoms with Crippen molar-refractivity contribution >= 4 is 20.0 Å². The number of benzene rings is 1. The Morgan fingerprint density at radius 1 is 1.20 bits per heavy atom. The van der Waals surface area contributed by atoms with Gasteiger partial charge in [-0.2, -0.15) is 4.31 Å². The SMILES string of the molecule is CCCN(C1CCNCC1)S(=O)(=O)c1ccc(S(=O)(=O)NC)c(C)c1. The highest BCUT2D eigenvalue weighted by Gasteiger charge is 2.32. The van der Waals surface area contributed by atoms with E-state index >= 15 is 0 Å². The van der Waals surface area contributed by atoms with Gasteiger partial charge in [-0.3, -0.25) is 0 Å². The maximum Gasteiger partial charge on any atom is 0.243 e. The second-order valence-corrected chi connectivity index (χ2v) is 9.98. The predicted octanol–water partition coefficient (Wildman–Crippen LogP) is 1.06. The van der Waals surface area contributed by atoms with E-state index < -0.39 is 20.0 Å². The summed E-state index contributed by atoms with van der Waals surface area (Å²) in [5, 5.41) is 3.25. The summed E-state index contributed by atoms with van der Waals surface area (Å²) in [6.07, 6.45) is 2.29. The molecule has 0 amide bonds. The Balaban J connectivity index is 2.41. The number of nitrogens with zero attached hydrogens (tertiary/aromatic N) is 1. The van der Waals surface area contributed by atoms with Crippen molar-refractivity contribution in [1.29, 1.82) is 0 Å². The van der Waals surface area contributed by atoms with Crippen LogP contribution in [0, 0.1) is 6.92 Å². The molecule has 25 heavy (non-hydrogen) atoms. The third-order valence-electron chi connectivity index (χ3n) is 4.47. The third kappa shape index (κ3) is 4.40. The number of hydrogen-bond donors (Lipinski definition) is 2. The Hall–Kier alpha value is -1.00. The van der Waals surface area contributed by atoms with Crippen LogP contribution in [0.3, 0.4) is 0 Å². The molecule has 0 saturated carbocycles. The third-order valence-corrected chi connectivity index (χ3v) is 7.99. The first-order valence-corrected chi connectivity index (χ1v) is 11.4. The zero-order valence-electron chi connectivity index (χ0n) is 14.9. The van der Waals surface area contributed by atoms with Gasteiger partial charge in [-0.1, -0.05) is 6.92 Å². The molecule has 0 aromatic heterocycles. The fourth-order valence-electron chi connectivity index (χ4n) is 3.14. The highest BCUT2D eigenvalue weighted by atomic mass is 32.2. The van der Waals surface area contributed by atoms with E-state index in [0.717, 1.165) is 32.4 Å². The molecule has 0 unspecified atom stereocenters. The van der Waals surface area contributed by atoms with Crippen LogP contribution in [0.1, 0.15) is 31.7 Å². The molecule has 1 aromatic carbocycles. The molecular weight excluding hydrogens is 362 g/mol. The van der Waals surface area contributed by atoms with Crippen molar-refractivity contribution in [2.24, 2.45) is 0 Å². The normalized spacial score (nSPS) is 17.1. The standard InChI is InChI=1S/C16H27N3O4S2/c1-4-11-19(14-7-9-18-10-8-14)25(22,23)15-5-6-16(13(2)12-15)24(20,21)17-3/h5-6,12,14,17-18H,4,7-11H2,1-3H3. The Morgan fingerprint density at radius 3 is 2.36 bits per heavy atom. The minimum absolute atomic E-state index is 0.0211. The summed E-state index contributed by atoms with van der Waals surface area (Å²) in [7, 11) is -5.94. The molecule has 0 bridgehead atoms. The number of aryl methyl sites for hydroxylation is 1. The van der Waals surface area contributed by atoms with E-state index in [2.05, 4.69) is 10.0 Å². The summed E-state index contributed by atoms with van der Waals surface area (Å²) in [4.78, 5) is 0.241. The van der Waals surface area contributed by atoms with Crippen LogP contribution in [-0.4, -0.2) is 53.9 Å². The van der Waals surface area contributed by atoms with Crippen molar-refractivity contribution in [3.05, 3.63) is 23.8 Å². The smallest absolute Gasteiger partial charge is 0.243 e. The summed E-state index contributed by atoms with van der Waals surface area (Å²) >= 11 is 0. The number of piperidine rings is 1. The van der Waals surface area contributed by atoms with Gasteiger partial charge in [0.05, 0.1) is 9.79 Å². The van der Waals surface area contributed by atoms with Crippen molar-refractivity contribution in [3.8, 4) is 0 Å².